The van der Waals surface area contributed by atoms with E-state index < -0.39 is 0 Å². The van der Waals surface area contributed by atoms with Crippen LogP contribution in [0.2, 0.25) is 5.15 Å². The van der Waals surface area contributed by atoms with Gasteiger partial charge in [0.15, 0.2) is 5.76 Å². The van der Waals surface area contributed by atoms with E-state index in [-0.39, 0.29) is 11.9 Å². The Bertz CT molecular complexity index is 995. The number of pyridine rings is 1. The lowest BCUT2D eigenvalue weighted by Gasteiger charge is -2.24. The third kappa shape index (κ3) is 2.76. The lowest BCUT2D eigenvalue weighted by Crippen LogP contribution is -2.38. The lowest BCUT2D eigenvalue weighted by atomic mass is 10.0. The van der Waals surface area contributed by atoms with Gasteiger partial charge in [-0.25, -0.2) is 9.99 Å². The van der Waals surface area contributed by atoms with Crippen molar-refractivity contribution in [2.75, 3.05) is 0 Å². The molecule has 1 amide bonds. The lowest BCUT2D eigenvalue weighted by molar-refractivity contribution is -0.132. The molecule has 0 fully saturated rings. The fourth-order valence-electron chi connectivity index (χ4n) is 3.04. The number of carbonyl (C=O) groups excluding carboxylic acids is 1. The van der Waals surface area contributed by atoms with Crippen LogP contribution in [0.1, 0.15) is 29.9 Å². The first-order valence-electron chi connectivity index (χ1n) is 7.92. The summed E-state index contributed by atoms with van der Waals surface area (Å²) in [7, 11) is 0. The summed E-state index contributed by atoms with van der Waals surface area (Å²) in [6, 6.07) is 11.3. The summed E-state index contributed by atoms with van der Waals surface area (Å²) in [6.45, 7) is 3.53. The molecule has 0 spiro atoms. The molecule has 0 radical (unpaired) electrons. The van der Waals surface area contributed by atoms with Gasteiger partial charge < -0.3 is 4.42 Å². The maximum Gasteiger partial charge on any atom is 0.238 e. The van der Waals surface area contributed by atoms with Crippen molar-refractivity contribution in [1.29, 1.82) is 0 Å². The second-order valence-electron chi connectivity index (χ2n) is 6.07. The maximum atomic E-state index is 12.1. The van der Waals surface area contributed by atoms with Gasteiger partial charge in [0.05, 0.1) is 17.5 Å². The molecule has 3 heterocycles. The van der Waals surface area contributed by atoms with Gasteiger partial charge in [-0.15, -0.1) is 0 Å². The predicted octanol–water partition coefficient (Wildman–Crippen LogP) is 4.24. The molecule has 2 aromatic heterocycles. The zero-order valence-electron chi connectivity index (χ0n) is 13.8. The van der Waals surface area contributed by atoms with Gasteiger partial charge in [0.25, 0.3) is 0 Å². The van der Waals surface area contributed by atoms with E-state index in [1.54, 1.807) is 12.3 Å². The van der Waals surface area contributed by atoms with Crippen LogP contribution in [0.15, 0.2) is 53.2 Å². The van der Waals surface area contributed by atoms with Crippen molar-refractivity contribution in [3.05, 3.63) is 70.8 Å². The number of aromatic nitrogens is 1. The predicted molar refractivity (Wildman–Crippen MR) is 96.6 cm³/mol. The Morgan fingerprint density at radius 1 is 1.32 bits per heavy atom. The van der Waals surface area contributed by atoms with Crippen LogP contribution in [0.4, 0.5) is 0 Å². The molecule has 0 bridgehead atoms. The number of nitrogens with one attached hydrogen (secondary N) is 1. The molecule has 3 aromatic rings. The molecule has 0 saturated heterocycles. The first-order chi connectivity index (χ1) is 12.0. The van der Waals surface area contributed by atoms with Crippen LogP contribution in [0.3, 0.4) is 0 Å². The Morgan fingerprint density at radius 2 is 2.16 bits per heavy atom. The van der Waals surface area contributed by atoms with Crippen LogP contribution in [-0.4, -0.2) is 15.9 Å². The molecule has 6 heteroatoms. The van der Waals surface area contributed by atoms with E-state index in [0.717, 1.165) is 27.7 Å². The van der Waals surface area contributed by atoms with E-state index >= 15 is 0 Å². The van der Waals surface area contributed by atoms with Gasteiger partial charge in [0.2, 0.25) is 5.91 Å². The van der Waals surface area contributed by atoms with E-state index in [0.29, 0.717) is 10.9 Å². The summed E-state index contributed by atoms with van der Waals surface area (Å²) in [5.74, 6) is 0.540. The van der Waals surface area contributed by atoms with Gasteiger partial charge in [-0.3, -0.25) is 10.2 Å². The van der Waals surface area contributed by atoms with Crippen molar-refractivity contribution in [2.24, 2.45) is 0 Å². The molecule has 1 aromatic carbocycles. The average Bonchev–Trinajstić information content (AvgIpc) is 3.23. The molecule has 1 atom stereocenters. The first kappa shape index (κ1) is 15.7. The van der Waals surface area contributed by atoms with Crippen LogP contribution < -0.4 is 5.43 Å². The topological polar surface area (TPSA) is 58.4 Å². The van der Waals surface area contributed by atoms with Crippen LogP contribution >= 0.6 is 11.6 Å². The normalized spacial score (nSPS) is 16.8. The van der Waals surface area contributed by atoms with Crippen molar-refractivity contribution in [3.63, 3.8) is 0 Å². The van der Waals surface area contributed by atoms with Crippen molar-refractivity contribution < 1.29 is 9.21 Å². The molecule has 0 aliphatic carbocycles. The molecule has 5 nitrogen and oxygen atoms in total. The van der Waals surface area contributed by atoms with Crippen LogP contribution in [0.5, 0.6) is 0 Å². The second kappa shape index (κ2) is 5.93. The monoisotopic (exact) mass is 353 g/mol. The van der Waals surface area contributed by atoms with Crippen LogP contribution in [0, 0.1) is 6.92 Å². The average molecular weight is 354 g/mol. The van der Waals surface area contributed by atoms with Gasteiger partial charge in [0.1, 0.15) is 11.2 Å². The summed E-state index contributed by atoms with van der Waals surface area (Å²) in [5, 5.41) is 2.90. The number of hydrogen-bond donors (Lipinski definition) is 1. The molecule has 1 aliphatic rings. The van der Waals surface area contributed by atoms with Gasteiger partial charge in [-0.1, -0.05) is 23.2 Å². The molecule has 1 aliphatic heterocycles. The number of carbonyl (C=O) groups is 1. The fourth-order valence-corrected chi connectivity index (χ4v) is 3.30. The Balaban J connectivity index is 1.84. The maximum absolute atomic E-state index is 12.1. The van der Waals surface area contributed by atoms with E-state index in [1.807, 2.05) is 37.3 Å². The zero-order valence-corrected chi connectivity index (χ0v) is 14.5. The highest BCUT2D eigenvalue weighted by Gasteiger charge is 2.31. The Morgan fingerprint density at radius 3 is 2.88 bits per heavy atom. The third-order valence-corrected chi connectivity index (χ3v) is 4.54. The molecular formula is C19H16ClN3O2. The molecule has 4 rings (SSSR count). The highest BCUT2D eigenvalue weighted by atomic mass is 35.5. The Kier molecular flexibility index (Phi) is 3.73. The number of furan rings is 1. The fraction of sp³-hybridized carbons (Fsp3) is 0.158. The number of aryl methyl sites for hydroxylation is 1. The van der Waals surface area contributed by atoms with Crippen LogP contribution in [0.25, 0.3) is 16.6 Å². The third-order valence-electron chi connectivity index (χ3n) is 4.24. The van der Waals surface area contributed by atoms with Crippen LogP contribution in [-0.2, 0) is 4.79 Å². The van der Waals surface area contributed by atoms with Crippen molar-refractivity contribution in [3.8, 4) is 0 Å². The van der Waals surface area contributed by atoms with Crippen molar-refractivity contribution in [1.82, 2.24) is 15.4 Å². The Labute approximate surface area is 149 Å². The van der Waals surface area contributed by atoms with E-state index in [2.05, 4.69) is 16.5 Å². The smallest absolute Gasteiger partial charge is 0.238 e. The quantitative estimate of drug-likeness (QED) is 0.700. The summed E-state index contributed by atoms with van der Waals surface area (Å²) in [6.07, 6.45) is 3.52. The summed E-state index contributed by atoms with van der Waals surface area (Å²) in [5.41, 5.74) is 6.56. The molecular weight excluding hydrogens is 338 g/mol. The number of rotatable bonds is 2. The minimum atomic E-state index is -0.359. The van der Waals surface area contributed by atoms with Crippen molar-refractivity contribution in [2.45, 2.75) is 19.9 Å². The summed E-state index contributed by atoms with van der Waals surface area (Å²) < 4.78 is 5.43. The number of halogens is 1. The number of hydrazine groups is 1. The standard InChI is InChI=1S/C19H16ClN3O2/c1-11-5-6-15-13(8-11)9-14(19(20)21-15)17-10-16(18-4-3-7-25-18)22-23(17)12(2)24/h3-10,17,22H,1-2H3/t17-/m0/s1. The number of amides is 1. The van der Waals surface area contributed by atoms with Gasteiger partial charge in [-0.05, 0) is 43.3 Å². The van der Waals surface area contributed by atoms with Gasteiger partial charge >= 0.3 is 0 Å². The highest BCUT2D eigenvalue weighted by molar-refractivity contribution is 6.30. The SMILES string of the molecule is CC(=O)N1NC(c2ccco2)=C[C@H]1c1cc2cc(C)ccc2nc1Cl. The number of benzene rings is 1. The van der Waals surface area contributed by atoms with E-state index in [9.17, 15) is 4.79 Å². The summed E-state index contributed by atoms with van der Waals surface area (Å²) in [4.78, 5) is 16.6. The van der Waals surface area contributed by atoms with Gasteiger partial charge in [-0.2, -0.15) is 0 Å². The minimum Gasteiger partial charge on any atom is -0.463 e. The van der Waals surface area contributed by atoms with Gasteiger partial charge in [0, 0.05) is 17.9 Å². The molecule has 0 saturated carbocycles. The number of nitrogens with zero attached hydrogens (tertiary/aromatic N) is 2. The second-order valence-corrected chi connectivity index (χ2v) is 6.43. The van der Waals surface area contributed by atoms with Crippen molar-refractivity contribution >= 4 is 34.1 Å². The zero-order chi connectivity index (χ0) is 17.6. The van der Waals surface area contributed by atoms with E-state index in [4.69, 9.17) is 16.0 Å². The molecule has 25 heavy (non-hydrogen) atoms. The number of fused-ring (bicyclic) bond motifs is 1. The Hall–Kier alpha value is -2.79. The minimum absolute atomic E-state index is 0.122. The highest BCUT2D eigenvalue weighted by Crippen LogP contribution is 2.35. The largest absolute Gasteiger partial charge is 0.463 e. The molecule has 126 valence electrons. The first-order valence-corrected chi connectivity index (χ1v) is 8.29. The molecule has 1 N–H and O–H groups in total. The number of hydrogen-bond acceptors (Lipinski definition) is 4. The van der Waals surface area contributed by atoms with E-state index in [1.165, 1.54) is 11.9 Å². The summed E-state index contributed by atoms with van der Waals surface area (Å²) >= 11 is 6.44. The molecule has 0 unspecified atom stereocenters.